The summed E-state index contributed by atoms with van der Waals surface area (Å²) in [7, 11) is 1.59. The van der Waals surface area contributed by atoms with Crippen molar-refractivity contribution < 1.29 is 14.3 Å². The van der Waals surface area contributed by atoms with Crippen LogP contribution < -0.4 is 21.1 Å². The van der Waals surface area contributed by atoms with E-state index in [1.54, 1.807) is 25.3 Å². The molecule has 2 aromatic rings. The van der Waals surface area contributed by atoms with Gasteiger partial charge in [0, 0.05) is 17.8 Å². The summed E-state index contributed by atoms with van der Waals surface area (Å²) in [6.45, 7) is 2.19. The van der Waals surface area contributed by atoms with Crippen LogP contribution >= 0.6 is 0 Å². The Morgan fingerprint density at radius 3 is 2.65 bits per heavy atom. The molecule has 0 bridgehead atoms. The lowest BCUT2D eigenvalue weighted by atomic mass is 10.1. The van der Waals surface area contributed by atoms with Crippen LogP contribution in [0.3, 0.4) is 0 Å². The van der Waals surface area contributed by atoms with E-state index in [1.807, 2.05) is 31.2 Å². The number of urea groups is 1. The highest BCUT2D eigenvalue weighted by Gasteiger charge is 2.08. The van der Waals surface area contributed by atoms with Crippen molar-refractivity contribution in [3.8, 4) is 5.75 Å². The highest BCUT2D eigenvalue weighted by molar-refractivity contribution is 5.96. The summed E-state index contributed by atoms with van der Waals surface area (Å²) in [4.78, 5) is 23.2. The van der Waals surface area contributed by atoms with E-state index < -0.39 is 5.91 Å². The van der Waals surface area contributed by atoms with Crippen LogP contribution in [0.15, 0.2) is 42.5 Å². The number of ether oxygens (including phenoxy) is 1. The molecule has 120 valence electrons. The molecule has 0 unspecified atom stereocenters. The molecular weight excluding hydrogens is 294 g/mol. The van der Waals surface area contributed by atoms with Crippen molar-refractivity contribution in [2.45, 2.75) is 13.5 Å². The number of nitrogens with two attached hydrogens (primary N) is 1. The van der Waals surface area contributed by atoms with E-state index in [0.29, 0.717) is 17.8 Å². The molecule has 0 aliphatic carbocycles. The maximum Gasteiger partial charge on any atom is 0.319 e. The average Bonchev–Trinajstić information content (AvgIpc) is 2.55. The Hall–Kier alpha value is -3.02. The third kappa shape index (κ3) is 4.47. The van der Waals surface area contributed by atoms with Crippen LogP contribution in [-0.2, 0) is 6.54 Å². The van der Waals surface area contributed by atoms with Crippen LogP contribution in [0.2, 0.25) is 0 Å². The van der Waals surface area contributed by atoms with E-state index in [0.717, 1.165) is 16.9 Å². The molecule has 3 amide bonds. The molecule has 2 aromatic carbocycles. The second-order valence-electron chi connectivity index (χ2n) is 5.05. The number of rotatable bonds is 5. The van der Waals surface area contributed by atoms with Gasteiger partial charge in [-0.2, -0.15) is 0 Å². The summed E-state index contributed by atoms with van der Waals surface area (Å²) in [5.41, 5.74) is 7.90. The molecule has 0 fully saturated rings. The lowest BCUT2D eigenvalue weighted by Crippen LogP contribution is -2.28. The summed E-state index contributed by atoms with van der Waals surface area (Å²) in [5.74, 6) is 0.194. The smallest absolute Gasteiger partial charge is 0.319 e. The second kappa shape index (κ2) is 7.31. The topological polar surface area (TPSA) is 93.4 Å². The van der Waals surface area contributed by atoms with Crippen LogP contribution in [-0.4, -0.2) is 19.0 Å². The molecular formula is C17H19N3O3. The van der Waals surface area contributed by atoms with Crippen molar-refractivity contribution >= 4 is 17.6 Å². The van der Waals surface area contributed by atoms with Crippen molar-refractivity contribution in [1.29, 1.82) is 0 Å². The van der Waals surface area contributed by atoms with Crippen molar-refractivity contribution in [3.05, 3.63) is 59.2 Å². The van der Waals surface area contributed by atoms with Gasteiger partial charge in [0.1, 0.15) is 5.75 Å². The summed E-state index contributed by atoms with van der Waals surface area (Å²) < 4.78 is 5.14. The van der Waals surface area contributed by atoms with Gasteiger partial charge >= 0.3 is 6.03 Å². The predicted octanol–water partition coefficient (Wildman–Crippen LogP) is 2.42. The minimum atomic E-state index is -0.537. The molecule has 0 heterocycles. The molecule has 23 heavy (non-hydrogen) atoms. The molecule has 0 aromatic heterocycles. The molecule has 4 N–H and O–H groups in total. The number of amides is 3. The van der Waals surface area contributed by atoms with Crippen LogP contribution in [0.25, 0.3) is 0 Å². The number of methoxy groups -OCH3 is 1. The lowest BCUT2D eigenvalue weighted by Gasteiger charge is -2.11. The maximum atomic E-state index is 12.0. The zero-order chi connectivity index (χ0) is 16.8. The van der Waals surface area contributed by atoms with E-state index in [1.165, 1.54) is 0 Å². The first-order valence-corrected chi connectivity index (χ1v) is 7.08. The lowest BCUT2D eigenvalue weighted by molar-refractivity contribution is 0.100. The fourth-order valence-electron chi connectivity index (χ4n) is 2.04. The van der Waals surface area contributed by atoms with Crippen LogP contribution in [0.5, 0.6) is 5.75 Å². The van der Waals surface area contributed by atoms with Crippen molar-refractivity contribution in [1.82, 2.24) is 5.32 Å². The average molecular weight is 313 g/mol. The van der Waals surface area contributed by atoms with Crippen molar-refractivity contribution in [2.24, 2.45) is 5.73 Å². The van der Waals surface area contributed by atoms with E-state index in [4.69, 9.17) is 10.5 Å². The number of benzene rings is 2. The van der Waals surface area contributed by atoms with Gasteiger partial charge < -0.3 is 21.1 Å². The molecule has 0 saturated carbocycles. The normalized spacial score (nSPS) is 10.0. The number of carbonyl (C=O) groups excluding carboxylic acids is 2. The van der Waals surface area contributed by atoms with Gasteiger partial charge in [-0.25, -0.2) is 4.79 Å². The van der Waals surface area contributed by atoms with E-state index in [9.17, 15) is 9.59 Å². The quantitative estimate of drug-likeness (QED) is 0.791. The number of primary amides is 1. The molecule has 2 rings (SSSR count). The second-order valence-corrected chi connectivity index (χ2v) is 5.05. The number of anilines is 1. The predicted molar refractivity (Wildman–Crippen MR) is 88.5 cm³/mol. The Bertz CT molecular complexity index is 729. The van der Waals surface area contributed by atoms with Gasteiger partial charge in [-0.15, -0.1) is 0 Å². The maximum absolute atomic E-state index is 12.0. The highest BCUT2D eigenvalue weighted by Crippen LogP contribution is 2.17. The van der Waals surface area contributed by atoms with Crippen LogP contribution in [0.4, 0.5) is 10.5 Å². The number of nitrogens with one attached hydrogen (secondary N) is 2. The Balaban J connectivity index is 1.99. The molecule has 0 spiro atoms. The third-order valence-corrected chi connectivity index (χ3v) is 3.36. The number of hydrogen-bond acceptors (Lipinski definition) is 3. The molecule has 0 aliphatic rings. The highest BCUT2D eigenvalue weighted by atomic mass is 16.5. The van der Waals surface area contributed by atoms with E-state index >= 15 is 0 Å². The van der Waals surface area contributed by atoms with Gasteiger partial charge in [-0.1, -0.05) is 18.2 Å². The van der Waals surface area contributed by atoms with Gasteiger partial charge in [0.2, 0.25) is 5.91 Å². The summed E-state index contributed by atoms with van der Waals surface area (Å²) in [6, 6.07) is 12.0. The number of hydrogen-bond donors (Lipinski definition) is 3. The van der Waals surface area contributed by atoms with Crippen molar-refractivity contribution in [3.63, 3.8) is 0 Å². The Labute approximate surface area is 134 Å². The van der Waals surface area contributed by atoms with Gasteiger partial charge in [0.05, 0.1) is 7.11 Å². The minimum absolute atomic E-state index is 0.346. The SMILES string of the molecule is COc1cccc(CNC(=O)Nc2cc(C(N)=O)ccc2C)c1. The summed E-state index contributed by atoms with van der Waals surface area (Å²) in [6.07, 6.45) is 0. The van der Waals surface area contributed by atoms with E-state index in [2.05, 4.69) is 10.6 Å². The zero-order valence-corrected chi connectivity index (χ0v) is 13.1. The first-order chi connectivity index (χ1) is 11.0. The Morgan fingerprint density at radius 2 is 1.96 bits per heavy atom. The molecule has 6 heteroatoms. The first-order valence-electron chi connectivity index (χ1n) is 7.08. The van der Waals surface area contributed by atoms with Gasteiger partial charge in [-0.3, -0.25) is 4.79 Å². The molecule has 0 saturated heterocycles. The fraction of sp³-hybridized carbons (Fsp3) is 0.176. The van der Waals surface area contributed by atoms with Crippen molar-refractivity contribution in [2.75, 3.05) is 12.4 Å². The molecule has 6 nitrogen and oxygen atoms in total. The molecule has 0 atom stereocenters. The zero-order valence-electron chi connectivity index (χ0n) is 13.1. The summed E-state index contributed by atoms with van der Waals surface area (Å²) >= 11 is 0. The monoisotopic (exact) mass is 313 g/mol. The number of carbonyl (C=O) groups is 2. The van der Waals surface area contributed by atoms with Gasteiger partial charge in [-0.05, 0) is 42.3 Å². The number of aryl methyl sites for hydroxylation is 1. The minimum Gasteiger partial charge on any atom is -0.497 e. The fourth-order valence-corrected chi connectivity index (χ4v) is 2.04. The van der Waals surface area contributed by atoms with Crippen LogP contribution in [0.1, 0.15) is 21.5 Å². The van der Waals surface area contributed by atoms with Gasteiger partial charge in [0.15, 0.2) is 0 Å². The standard InChI is InChI=1S/C17H19N3O3/c1-11-6-7-13(16(18)21)9-15(11)20-17(22)19-10-12-4-3-5-14(8-12)23-2/h3-9H,10H2,1-2H3,(H2,18,21)(H2,19,20,22). The Kier molecular flexibility index (Phi) is 5.19. The largest absolute Gasteiger partial charge is 0.497 e. The third-order valence-electron chi connectivity index (χ3n) is 3.36. The molecule has 0 aliphatic heterocycles. The Morgan fingerprint density at radius 1 is 1.17 bits per heavy atom. The summed E-state index contributed by atoms with van der Waals surface area (Å²) in [5, 5.41) is 5.47. The van der Waals surface area contributed by atoms with Gasteiger partial charge in [0.25, 0.3) is 0 Å². The van der Waals surface area contributed by atoms with Crippen LogP contribution in [0, 0.1) is 6.92 Å². The first kappa shape index (κ1) is 16.4. The van der Waals surface area contributed by atoms with E-state index in [-0.39, 0.29) is 6.03 Å². The molecule has 0 radical (unpaired) electrons.